The molecule has 2 nitrogen and oxygen atoms in total. The number of benzene rings is 1. The van der Waals surface area contributed by atoms with Gasteiger partial charge < -0.3 is 5.11 Å². The Labute approximate surface area is 106 Å². The van der Waals surface area contributed by atoms with E-state index in [-0.39, 0.29) is 12.5 Å². The number of nitrogens with one attached hydrogen (secondary N) is 1. The summed E-state index contributed by atoms with van der Waals surface area (Å²) < 4.78 is 27.5. The first-order chi connectivity index (χ1) is 8.50. The van der Waals surface area contributed by atoms with Gasteiger partial charge in [0.25, 0.3) is 5.92 Å². The van der Waals surface area contributed by atoms with Gasteiger partial charge in [-0.1, -0.05) is 30.3 Å². The Kier molecular flexibility index (Phi) is 3.97. The van der Waals surface area contributed by atoms with Gasteiger partial charge in [0.05, 0.1) is 12.1 Å². The van der Waals surface area contributed by atoms with E-state index in [0.717, 1.165) is 5.56 Å². The van der Waals surface area contributed by atoms with E-state index in [2.05, 4.69) is 5.32 Å². The summed E-state index contributed by atoms with van der Waals surface area (Å²) in [7, 11) is 0. The molecule has 1 aliphatic rings. The van der Waals surface area contributed by atoms with Crippen molar-refractivity contribution in [3.63, 3.8) is 0 Å². The normalized spacial score (nSPS) is 28.9. The molecule has 4 heteroatoms. The lowest BCUT2D eigenvalue weighted by atomic mass is 9.88. The molecule has 0 radical (unpaired) electrons. The molecule has 1 aliphatic carbocycles. The van der Waals surface area contributed by atoms with Crippen molar-refractivity contribution < 1.29 is 13.9 Å². The summed E-state index contributed by atoms with van der Waals surface area (Å²) in [5.74, 6) is -2.83. The van der Waals surface area contributed by atoms with Crippen LogP contribution in [0.5, 0.6) is 0 Å². The number of hydrogen-bond donors (Lipinski definition) is 2. The Morgan fingerprint density at radius 1 is 1.33 bits per heavy atom. The van der Waals surface area contributed by atoms with Crippen molar-refractivity contribution in [1.82, 2.24) is 5.32 Å². The highest BCUT2D eigenvalue weighted by atomic mass is 19.3. The molecule has 0 heterocycles. The molecule has 100 valence electrons. The molecule has 3 atom stereocenters. The topological polar surface area (TPSA) is 32.3 Å². The van der Waals surface area contributed by atoms with Crippen LogP contribution in [-0.2, 0) is 0 Å². The summed E-state index contributed by atoms with van der Waals surface area (Å²) in [6, 6.07) is 8.08. The average Bonchev–Trinajstić information content (AvgIpc) is 2.34. The van der Waals surface area contributed by atoms with E-state index >= 15 is 0 Å². The lowest BCUT2D eigenvalue weighted by molar-refractivity contribution is -0.111. The van der Waals surface area contributed by atoms with E-state index in [1.165, 1.54) is 0 Å². The third kappa shape index (κ3) is 2.87. The number of halogens is 2. The summed E-state index contributed by atoms with van der Waals surface area (Å²) in [4.78, 5) is 0. The molecule has 2 rings (SSSR count). The lowest BCUT2D eigenvalue weighted by Crippen LogP contribution is -2.55. The third-order valence-electron chi connectivity index (χ3n) is 3.58. The molecule has 1 fully saturated rings. The predicted octanol–water partition coefficient (Wildman–Crippen LogP) is 2.89. The monoisotopic (exact) mass is 255 g/mol. The minimum atomic E-state index is -2.83. The first-order valence-corrected chi connectivity index (χ1v) is 6.37. The number of hydrogen-bond acceptors (Lipinski definition) is 2. The van der Waals surface area contributed by atoms with E-state index in [9.17, 15) is 13.9 Å². The number of alkyl halides is 2. The Morgan fingerprint density at radius 3 is 2.61 bits per heavy atom. The van der Waals surface area contributed by atoms with E-state index in [4.69, 9.17) is 0 Å². The van der Waals surface area contributed by atoms with Gasteiger partial charge in [-0.2, -0.15) is 0 Å². The van der Waals surface area contributed by atoms with Gasteiger partial charge in [0, 0.05) is 12.5 Å². The first kappa shape index (κ1) is 13.4. The number of rotatable bonds is 3. The molecular weight excluding hydrogens is 236 g/mol. The lowest BCUT2D eigenvalue weighted by Gasteiger charge is -2.37. The predicted molar refractivity (Wildman–Crippen MR) is 66.6 cm³/mol. The van der Waals surface area contributed by atoms with E-state index in [0.29, 0.717) is 12.8 Å². The zero-order valence-electron chi connectivity index (χ0n) is 10.4. The molecule has 0 unspecified atom stereocenters. The van der Waals surface area contributed by atoms with Gasteiger partial charge in [0.2, 0.25) is 0 Å². The maximum Gasteiger partial charge on any atom is 0.265 e. The molecule has 1 aromatic rings. The Balaban J connectivity index is 2.07. The van der Waals surface area contributed by atoms with Crippen molar-refractivity contribution in [2.24, 2.45) is 0 Å². The van der Waals surface area contributed by atoms with Crippen LogP contribution in [0.25, 0.3) is 0 Å². The maximum absolute atomic E-state index is 13.8. The number of aliphatic hydroxyl groups is 1. The summed E-state index contributed by atoms with van der Waals surface area (Å²) in [6.45, 7) is 1.84. The summed E-state index contributed by atoms with van der Waals surface area (Å²) in [5.41, 5.74) is 0.950. The fraction of sp³-hybridized carbons (Fsp3) is 0.571. The van der Waals surface area contributed by atoms with Crippen LogP contribution in [0.1, 0.15) is 37.8 Å². The van der Waals surface area contributed by atoms with Gasteiger partial charge >= 0.3 is 0 Å². The average molecular weight is 255 g/mol. The van der Waals surface area contributed by atoms with Crippen molar-refractivity contribution in [3.8, 4) is 0 Å². The Bertz CT molecular complexity index is 383. The Hall–Kier alpha value is -1.00. The molecule has 2 N–H and O–H groups in total. The minimum Gasteiger partial charge on any atom is -0.391 e. The van der Waals surface area contributed by atoms with Crippen LogP contribution in [0, 0.1) is 0 Å². The largest absolute Gasteiger partial charge is 0.391 e. The summed E-state index contributed by atoms with van der Waals surface area (Å²) in [6.07, 6.45) is -0.302. The van der Waals surface area contributed by atoms with Crippen LogP contribution in [0.3, 0.4) is 0 Å². The van der Waals surface area contributed by atoms with Crippen molar-refractivity contribution in [3.05, 3.63) is 35.9 Å². The van der Waals surface area contributed by atoms with Crippen LogP contribution in [-0.4, -0.2) is 23.2 Å². The quantitative estimate of drug-likeness (QED) is 0.870. The standard InChI is InChI=1S/C14H19F2NO/c1-10(11-6-3-2-4-7-11)17-13-12(18)8-5-9-14(13,15)16/h2-4,6-7,10,12-13,17-18H,5,8-9H2,1H3/t10-,12+,13-/m1/s1. The third-order valence-corrected chi connectivity index (χ3v) is 3.58. The van der Waals surface area contributed by atoms with Crippen LogP contribution >= 0.6 is 0 Å². The second-order valence-electron chi connectivity index (χ2n) is 5.00. The highest BCUT2D eigenvalue weighted by Crippen LogP contribution is 2.35. The zero-order valence-corrected chi connectivity index (χ0v) is 10.4. The molecule has 0 saturated heterocycles. The van der Waals surface area contributed by atoms with Crippen molar-refractivity contribution in [2.75, 3.05) is 0 Å². The van der Waals surface area contributed by atoms with Crippen LogP contribution in [0.2, 0.25) is 0 Å². The summed E-state index contributed by atoms with van der Waals surface area (Å²) in [5, 5.41) is 12.6. The van der Waals surface area contributed by atoms with Crippen molar-refractivity contribution in [2.45, 2.75) is 50.3 Å². The molecule has 0 aliphatic heterocycles. The number of aliphatic hydroxyl groups excluding tert-OH is 1. The Morgan fingerprint density at radius 2 is 2.00 bits per heavy atom. The smallest absolute Gasteiger partial charge is 0.265 e. The van der Waals surface area contributed by atoms with Crippen LogP contribution < -0.4 is 5.32 Å². The highest BCUT2D eigenvalue weighted by Gasteiger charge is 2.46. The summed E-state index contributed by atoms with van der Waals surface area (Å²) >= 11 is 0. The van der Waals surface area contributed by atoms with Gasteiger partial charge in [-0.25, -0.2) is 8.78 Å². The van der Waals surface area contributed by atoms with Gasteiger partial charge in [-0.15, -0.1) is 0 Å². The molecule has 1 saturated carbocycles. The molecule has 0 spiro atoms. The van der Waals surface area contributed by atoms with Crippen LogP contribution in [0.15, 0.2) is 30.3 Å². The van der Waals surface area contributed by atoms with Crippen LogP contribution in [0.4, 0.5) is 8.78 Å². The second kappa shape index (κ2) is 5.33. The zero-order chi connectivity index (χ0) is 13.2. The molecule has 18 heavy (non-hydrogen) atoms. The van der Waals surface area contributed by atoms with E-state index < -0.39 is 18.1 Å². The maximum atomic E-state index is 13.8. The van der Waals surface area contributed by atoms with Gasteiger partial charge in [0.15, 0.2) is 0 Å². The molecule has 0 bridgehead atoms. The van der Waals surface area contributed by atoms with Crippen molar-refractivity contribution >= 4 is 0 Å². The first-order valence-electron chi connectivity index (χ1n) is 6.37. The second-order valence-corrected chi connectivity index (χ2v) is 5.00. The fourth-order valence-electron chi connectivity index (χ4n) is 2.49. The molecule has 0 aromatic heterocycles. The fourth-order valence-corrected chi connectivity index (χ4v) is 2.49. The van der Waals surface area contributed by atoms with Gasteiger partial charge in [0.1, 0.15) is 0 Å². The molecular formula is C14H19F2NO. The SMILES string of the molecule is C[C@@H](N[C@@H]1[C@@H](O)CCCC1(F)F)c1ccccc1. The molecule has 0 amide bonds. The molecule has 1 aromatic carbocycles. The highest BCUT2D eigenvalue weighted by molar-refractivity contribution is 5.18. The van der Waals surface area contributed by atoms with Gasteiger partial charge in [-0.3, -0.25) is 5.32 Å². The van der Waals surface area contributed by atoms with Gasteiger partial charge in [-0.05, 0) is 25.3 Å². The van der Waals surface area contributed by atoms with Crippen molar-refractivity contribution in [1.29, 1.82) is 0 Å². The van der Waals surface area contributed by atoms with E-state index in [1.807, 2.05) is 37.3 Å². The minimum absolute atomic E-state index is 0.150. The van der Waals surface area contributed by atoms with E-state index in [1.54, 1.807) is 0 Å².